The zero-order chi connectivity index (χ0) is 24.5. The first kappa shape index (κ1) is 22.4. The van der Waals surface area contributed by atoms with Crippen LogP contribution in [0.3, 0.4) is 0 Å². The average Bonchev–Trinajstić information content (AvgIpc) is 3.70. The maximum Gasteiger partial charge on any atom is 0.291 e. The normalized spacial score (nSPS) is 12.0. The Morgan fingerprint density at radius 1 is 1.00 bits per heavy atom. The number of thiophene rings is 1. The van der Waals surface area contributed by atoms with Gasteiger partial charge in [0.15, 0.2) is 5.82 Å². The number of para-hydroxylation sites is 1. The third-order valence-electron chi connectivity index (χ3n) is 5.57. The summed E-state index contributed by atoms with van der Waals surface area (Å²) in [6, 6.07) is 21.6. The summed E-state index contributed by atoms with van der Waals surface area (Å²) in [5.74, 6) is 1.32. The minimum absolute atomic E-state index is 0.193. The van der Waals surface area contributed by atoms with Crippen LogP contribution in [0, 0.1) is 0 Å². The fourth-order valence-corrected chi connectivity index (χ4v) is 5.46. The van der Waals surface area contributed by atoms with Crippen molar-refractivity contribution in [2.75, 3.05) is 6.61 Å². The zero-order valence-corrected chi connectivity index (χ0v) is 21.0. The first-order chi connectivity index (χ1) is 17.7. The number of nitrogens with zero attached hydrogens (tertiary/aromatic N) is 5. The summed E-state index contributed by atoms with van der Waals surface area (Å²) in [5.41, 5.74) is 3.30. The number of aromatic nitrogens is 5. The van der Waals surface area contributed by atoms with Gasteiger partial charge in [0, 0.05) is 17.3 Å². The molecular weight excluding hydrogens is 490 g/mol. The van der Waals surface area contributed by atoms with E-state index >= 15 is 0 Å². The van der Waals surface area contributed by atoms with Gasteiger partial charge in [-0.3, -0.25) is 4.79 Å². The lowest BCUT2D eigenvalue weighted by atomic mass is 10.2. The molecule has 0 N–H and O–H groups in total. The third-order valence-corrected chi connectivity index (χ3v) is 7.41. The van der Waals surface area contributed by atoms with Crippen molar-refractivity contribution < 1.29 is 4.74 Å². The van der Waals surface area contributed by atoms with E-state index in [0.717, 1.165) is 39.6 Å². The topological polar surface area (TPSA) is 74.3 Å². The molecule has 2 aromatic carbocycles. The molecule has 6 rings (SSSR count). The molecule has 0 amide bonds. The summed E-state index contributed by atoms with van der Waals surface area (Å²) in [7, 11) is 0. The number of hydrogen-bond donors (Lipinski definition) is 0. The van der Waals surface area contributed by atoms with Gasteiger partial charge >= 0.3 is 0 Å². The highest BCUT2D eigenvalue weighted by atomic mass is 32.1. The van der Waals surface area contributed by atoms with Crippen molar-refractivity contribution in [2.24, 2.45) is 0 Å². The molecular formula is C27H21N5O2S2. The number of benzene rings is 2. The summed E-state index contributed by atoms with van der Waals surface area (Å²) < 4.78 is 9.42. The molecule has 178 valence electrons. The third kappa shape index (κ3) is 4.23. The highest BCUT2D eigenvalue weighted by Gasteiger charge is 2.15. The van der Waals surface area contributed by atoms with Crippen molar-refractivity contribution in [3.63, 3.8) is 0 Å². The molecule has 0 bridgehead atoms. The van der Waals surface area contributed by atoms with Gasteiger partial charge in [0.05, 0.1) is 21.7 Å². The van der Waals surface area contributed by atoms with Gasteiger partial charge in [0.1, 0.15) is 11.4 Å². The Hall–Kier alpha value is -4.08. The van der Waals surface area contributed by atoms with Crippen molar-refractivity contribution in [1.29, 1.82) is 0 Å². The Bertz CT molecular complexity index is 1730. The Morgan fingerprint density at radius 2 is 1.83 bits per heavy atom. The van der Waals surface area contributed by atoms with Crippen LogP contribution in [-0.4, -0.2) is 31.0 Å². The molecule has 36 heavy (non-hydrogen) atoms. The minimum atomic E-state index is -0.193. The van der Waals surface area contributed by atoms with Crippen LogP contribution < -0.4 is 14.8 Å². The second-order valence-electron chi connectivity index (χ2n) is 8.11. The number of hydrogen-bond acceptors (Lipinski definition) is 7. The molecule has 0 radical (unpaired) electrons. The van der Waals surface area contributed by atoms with E-state index in [4.69, 9.17) is 9.84 Å². The first-order valence-corrected chi connectivity index (χ1v) is 13.2. The van der Waals surface area contributed by atoms with Gasteiger partial charge in [-0.2, -0.15) is 14.6 Å². The van der Waals surface area contributed by atoms with Crippen molar-refractivity contribution in [2.45, 2.75) is 13.3 Å². The predicted molar refractivity (Wildman–Crippen MR) is 144 cm³/mol. The molecule has 0 saturated heterocycles. The monoisotopic (exact) mass is 511 g/mol. The van der Waals surface area contributed by atoms with Gasteiger partial charge in [-0.25, -0.2) is 4.68 Å². The van der Waals surface area contributed by atoms with Gasteiger partial charge in [0.2, 0.25) is 4.96 Å². The van der Waals surface area contributed by atoms with E-state index in [1.807, 2.05) is 89.1 Å². The quantitative estimate of drug-likeness (QED) is 0.299. The van der Waals surface area contributed by atoms with Crippen LogP contribution in [0.5, 0.6) is 5.75 Å². The molecule has 4 heterocycles. The molecule has 7 nitrogen and oxygen atoms in total. The molecule has 0 spiro atoms. The van der Waals surface area contributed by atoms with E-state index in [0.29, 0.717) is 21.9 Å². The molecule has 0 unspecified atom stereocenters. The average molecular weight is 512 g/mol. The summed E-state index contributed by atoms with van der Waals surface area (Å²) in [6.45, 7) is 2.75. The molecule has 6 aromatic rings. The number of rotatable bonds is 7. The maximum atomic E-state index is 13.2. The second kappa shape index (κ2) is 9.52. The number of ether oxygens (including phenoxy) is 1. The van der Waals surface area contributed by atoms with Crippen LogP contribution in [-0.2, 0) is 0 Å². The van der Waals surface area contributed by atoms with Crippen molar-refractivity contribution in [3.05, 3.63) is 98.8 Å². The van der Waals surface area contributed by atoms with E-state index in [1.54, 1.807) is 11.3 Å². The number of fused-ring (bicyclic) bond motifs is 1. The summed E-state index contributed by atoms with van der Waals surface area (Å²) >= 11 is 2.94. The lowest BCUT2D eigenvalue weighted by Gasteiger charge is -2.04. The van der Waals surface area contributed by atoms with Crippen LogP contribution in [0.4, 0.5) is 0 Å². The van der Waals surface area contributed by atoms with Gasteiger partial charge in [-0.05, 0) is 60.3 Å². The van der Waals surface area contributed by atoms with Gasteiger partial charge in [-0.15, -0.1) is 16.4 Å². The SMILES string of the molecule is CCCOc1ccc(-c2nc3s/c(=C\c4cn(-c5ccccc5)nc4-c4cccs4)c(=O)n3n2)cc1. The van der Waals surface area contributed by atoms with Crippen molar-refractivity contribution in [3.8, 4) is 33.4 Å². The van der Waals surface area contributed by atoms with E-state index < -0.39 is 0 Å². The van der Waals surface area contributed by atoms with Gasteiger partial charge < -0.3 is 4.74 Å². The molecule has 0 fully saturated rings. The van der Waals surface area contributed by atoms with Gasteiger partial charge in [-0.1, -0.05) is 42.5 Å². The van der Waals surface area contributed by atoms with E-state index in [1.165, 1.54) is 15.9 Å². The van der Waals surface area contributed by atoms with Crippen LogP contribution in [0.25, 0.3) is 38.7 Å². The van der Waals surface area contributed by atoms with E-state index in [9.17, 15) is 4.79 Å². The zero-order valence-electron chi connectivity index (χ0n) is 19.4. The molecule has 0 aliphatic heterocycles. The number of thiazole rings is 1. The Morgan fingerprint density at radius 3 is 2.56 bits per heavy atom. The fraction of sp³-hybridized carbons (Fsp3) is 0.111. The lowest BCUT2D eigenvalue weighted by molar-refractivity contribution is 0.317. The minimum Gasteiger partial charge on any atom is -0.494 e. The van der Waals surface area contributed by atoms with Crippen LogP contribution in [0.15, 0.2) is 83.1 Å². The first-order valence-electron chi connectivity index (χ1n) is 11.5. The van der Waals surface area contributed by atoms with Gasteiger partial charge in [0.25, 0.3) is 5.56 Å². The Labute approximate surface area is 214 Å². The molecule has 9 heteroatoms. The molecule has 0 saturated carbocycles. The molecule has 0 aliphatic rings. The predicted octanol–water partition coefficient (Wildman–Crippen LogP) is 5.07. The summed E-state index contributed by atoms with van der Waals surface area (Å²) in [4.78, 5) is 19.4. The summed E-state index contributed by atoms with van der Waals surface area (Å²) in [5, 5.41) is 11.3. The highest BCUT2D eigenvalue weighted by Crippen LogP contribution is 2.28. The summed E-state index contributed by atoms with van der Waals surface area (Å²) in [6.07, 6.45) is 4.78. The molecule has 4 aromatic heterocycles. The van der Waals surface area contributed by atoms with Crippen LogP contribution in [0.2, 0.25) is 0 Å². The molecule has 0 aliphatic carbocycles. The Balaban J connectivity index is 1.39. The van der Waals surface area contributed by atoms with Crippen LogP contribution in [0.1, 0.15) is 18.9 Å². The smallest absolute Gasteiger partial charge is 0.291 e. The van der Waals surface area contributed by atoms with Crippen LogP contribution >= 0.6 is 22.7 Å². The van der Waals surface area contributed by atoms with Crippen molar-refractivity contribution >= 4 is 33.7 Å². The lowest BCUT2D eigenvalue weighted by Crippen LogP contribution is -2.23. The maximum absolute atomic E-state index is 13.2. The standard InChI is InChI=1S/C27H21N5O2S2/c1-2-14-34-21-12-10-18(11-13-21)25-28-27-32(30-25)26(33)23(36-27)16-19-17-31(20-7-4-3-5-8-20)29-24(19)22-9-6-15-35-22/h3-13,15-17H,2,14H2,1H3/b23-16-. The fourth-order valence-electron chi connectivity index (χ4n) is 3.83. The largest absolute Gasteiger partial charge is 0.494 e. The van der Waals surface area contributed by atoms with E-state index in [-0.39, 0.29) is 5.56 Å². The van der Waals surface area contributed by atoms with Crippen molar-refractivity contribution in [1.82, 2.24) is 24.4 Å². The van der Waals surface area contributed by atoms with E-state index in [2.05, 4.69) is 17.0 Å². The molecule has 0 atom stereocenters. The highest BCUT2D eigenvalue weighted by molar-refractivity contribution is 7.15. The Kier molecular flexibility index (Phi) is 5.92. The second-order valence-corrected chi connectivity index (χ2v) is 10.1.